The SMILES string of the molecule is CC(Nc1nc2ccccn2c1[N+](=O)[O-])C1CCCO1. The predicted molar refractivity (Wildman–Crippen MR) is 73.9 cm³/mol. The molecule has 7 heteroatoms. The first-order chi connectivity index (χ1) is 9.66. The van der Waals surface area contributed by atoms with E-state index in [9.17, 15) is 10.1 Å². The van der Waals surface area contributed by atoms with Gasteiger partial charge in [0.25, 0.3) is 0 Å². The average Bonchev–Trinajstić information content (AvgIpc) is 3.05. The standard InChI is InChI=1S/C13H16N4O3/c1-9(10-5-4-8-20-10)14-12-13(17(18)19)16-7-3-2-6-11(16)15-12/h2-3,6-7,9-10,14H,4-5,8H2,1H3. The third-order valence-corrected chi connectivity index (χ3v) is 3.56. The molecule has 0 bridgehead atoms. The van der Waals surface area contributed by atoms with E-state index in [0.717, 1.165) is 19.4 Å². The first-order valence-corrected chi connectivity index (χ1v) is 6.66. The van der Waals surface area contributed by atoms with Gasteiger partial charge in [0.1, 0.15) is 0 Å². The number of fused-ring (bicyclic) bond motifs is 1. The molecule has 0 amide bonds. The van der Waals surface area contributed by atoms with Crippen molar-refractivity contribution >= 4 is 17.3 Å². The van der Waals surface area contributed by atoms with Gasteiger partial charge in [-0.05, 0) is 30.8 Å². The van der Waals surface area contributed by atoms with E-state index >= 15 is 0 Å². The lowest BCUT2D eigenvalue weighted by Gasteiger charge is -2.19. The number of pyridine rings is 1. The van der Waals surface area contributed by atoms with Gasteiger partial charge in [-0.15, -0.1) is 0 Å². The summed E-state index contributed by atoms with van der Waals surface area (Å²) in [5.41, 5.74) is 0.557. The molecular weight excluding hydrogens is 260 g/mol. The number of nitro groups is 1. The first kappa shape index (κ1) is 12.9. The molecule has 0 aliphatic carbocycles. The van der Waals surface area contributed by atoms with Crippen LogP contribution in [0.1, 0.15) is 19.8 Å². The Kier molecular flexibility index (Phi) is 3.27. The molecule has 7 nitrogen and oxygen atoms in total. The molecule has 1 fully saturated rings. The number of hydrogen-bond donors (Lipinski definition) is 1. The molecular formula is C13H16N4O3. The first-order valence-electron chi connectivity index (χ1n) is 6.66. The molecule has 106 valence electrons. The second kappa shape index (κ2) is 5.09. The zero-order valence-corrected chi connectivity index (χ0v) is 11.2. The molecule has 0 aromatic carbocycles. The topological polar surface area (TPSA) is 81.7 Å². The summed E-state index contributed by atoms with van der Waals surface area (Å²) in [6.45, 7) is 2.72. The van der Waals surface area contributed by atoms with Crippen LogP contribution < -0.4 is 5.32 Å². The quantitative estimate of drug-likeness (QED) is 0.684. The van der Waals surface area contributed by atoms with Gasteiger partial charge in [-0.2, -0.15) is 9.38 Å². The molecule has 0 saturated carbocycles. The number of nitrogens with one attached hydrogen (secondary N) is 1. The minimum absolute atomic E-state index is 0.0129. The van der Waals surface area contributed by atoms with E-state index in [4.69, 9.17) is 4.74 Å². The summed E-state index contributed by atoms with van der Waals surface area (Å²) in [6.07, 6.45) is 3.72. The van der Waals surface area contributed by atoms with Crippen molar-refractivity contribution in [2.45, 2.75) is 31.9 Å². The van der Waals surface area contributed by atoms with Crippen molar-refractivity contribution < 1.29 is 9.66 Å². The highest BCUT2D eigenvalue weighted by atomic mass is 16.6. The van der Waals surface area contributed by atoms with E-state index in [1.807, 2.05) is 6.92 Å². The third-order valence-electron chi connectivity index (χ3n) is 3.56. The summed E-state index contributed by atoms with van der Waals surface area (Å²) < 4.78 is 7.07. The molecule has 2 aromatic rings. The maximum absolute atomic E-state index is 11.3. The fourth-order valence-corrected chi connectivity index (χ4v) is 2.56. The third kappa shape index (κ3) is 2.20. The highest BCUT2D eigenvalue weighted by Crippen LogP contribution is 2.27. The van der Waals surface area contributed by atoms with Gasteiger partial charge in [-0.25, -0.2) is 0 Å². The second-order valence-corrected chi connectivity index (χ2v) is 4.95. The van der Waals surface area contributed by atoms with E-state index < -0.39 is 4.92 Å². The molecule has 0 radical (unpaired) electrons. The van der Waals surface area contributed by atoms with Crippen LogP contribution >= 0.6 is 0 Å². The van der Waals surface area contributed by atoms with Crippen molar-refractivity contribution in [3.8, 4) is 0 Å². The summed E-state index contributed by atoms with van der Waals surface area (Å²) in [4.78, 5) is 15.2. The number of imidazole rings is 1. The van der Waals surface area contributed by atoms with E-state index in [2.05, 4.69) is 10.3 Å². The van der Waals surface area contributed by atoms with Gasteiger partial charge in [0.2, 0.25) is 11.5 Å². The summed E-state index contributed by atoms with van der Waals surface area (Å²) >= 11 is 0. The van der Waals surface area contributed by atoms with Crippen LogP contribution in [0, 0.1) is 10.1 Å². The van der Waals surface area contributed by atoms with Crippen LogP contribution in [0.3, 0.4) is 0 Å². The van der Waals surface area contributed by atoms with Crippen LogP contribution in [-0.4, -0.2) is 33.1 Å². The molecule has 20 heavy (non-hydrogen) atoms. The Morgan fingerprint density at radius 3 is 3.15 bits per heavy atom. The number of hydrogen-bond acceptors (Lipinski definition) is 5. The van der Waals surface area contributed by atoms with Gasteiger partial charge in [0, 0.05) is 12.7 Å². The van der Waals surface area contributed by atoms with Gasteiger partial charge in [-0.3, -0.25) is 0 Å². The van der Waals surface area contributed by atoms with Crippen molar-refractivity contribution in [1.82, 2.24) is 9.38 Å². The molecule has 1 saturated heterocycles. The van der Waals surface area contributed by atoms with E-state index in [0.29, 0.717) is 11.5 Å². The molecule has 0 spiro atoms. The maximum Gasteiger partial charge on any atom is 0.372 e. The Labute approximate surface area is 115 Å². The van der Waals surface area contributed by atoms with E-state index in [-0.39, 0.29) is 18.0 Å². The fraction of sp³-hybridized carbons (Fsp3) is 0.462. The lowest BCUT2D eigenvalue weighted by atomic mass is 10.1. The molecule has 1 aliphatic heterocycles. The van der Waals surface area contributed by atoms with Crippen LogP contribution in [0.5, 0.6) is 0 Å². The zero-order valence-electron chi connectivity index (χ0n) is 11.2. The summed E-state index contributed by atoms with van der Waals surface area (Å²) in [6, 6.07) is 5.28. The summed E-state index contributed by atoms with van der Waals surface area (Å²) in [5, 5.41) is 14.4. The second-order valence-electron chi connectivity index (χ2n) is 4.95. The van der Waals surface area contributed by atoms with Crippen LogP contribution in [0.4, 0.5) is 11.6 Å². The molecule has 3 rings (SSSR count). The maximum atomic E-state index is 11.3. The van der Waals surface area contributed by atoms with Gasteiger partial charge in [-0.1, -0.05) is 6.07 Å². The van der Waals surface area contributed by atoms with Crippen LogP contribution in [0.2, 0.25) is 0 Å². The van der Waals surface area contributed by atoms with E-state index in [1.54, 1.807) is 24.4 Å². The Bertz CT molecular complexity index is 634. The Hall–Kier alpha value is -2.15. The van der Waals surface area contributed by atoms with Crippen molar-refractivity contribution in [2.75, 3.05) is 11.9 Å². The Morgan fingerprint density at radius 2 is 2.45 bits per heavy atom. The average molecular weight is 276 g/mol. The predicted octanol–water partition coefficient (Wildman–Crippen LogP) is 2.22. The number of rotatable bonds is 4. The van der Waals surface area contributed by atoms with Crippen molar-refractivity contribution in [3.63, 3.8) is 0 Å². The summed E-state index contributed by atoms with van der Waals surface area (Å²) in [7, 11) is 0. The van der Waals surface area contributed by atoms with Gasteiger partial charge < -0.3 is 20.2 Å². The highest BCUT2D eigenvalue weighted by Gasteiger charge is 2.27. The largest absolute Gasteiger partial charge is 0.376 e. The lowest BCUT2D eigenvalue weighted by Crippen LogP contribution is -2.30. The van der Waals surface area contributed by atoms with Gasteiger partial charge in [0.05, 0.1) is 18.3 Å². The summed E-state index contributed by atoms with van der Waals surface area (Å²) in [5.74, 6) is 0.259. The molecule has 2 aromatic heterocycles. The van der Waals surface area contributed by atoms with Crippen molar-refractivity contribution in [1.29, 1.82) is 0 Å². The highest BCUT2D eigenvalue weighted by molar-refractivity contribution is 5.62. The molecule has 3 heterocycles. The van der Waals surface area contributed by atoms with Crippen molar-refractivity contribution in [3.05, 3.63) is 34.5 Å². The number of ether oxygens (including phenoxy) is 1. The minimum Gasteiger partial charge on any atom is -0.376 e. The van der Waals surface area contributed by atoms with E-state index in [1.165, 1.54) is 4.40 Å². The van der Waals surface area contributed by atoms with Crippen LogP contribution in [0.15, 0.2) is 24.4 Å². The Balaban J connectivity index is 1.93. The normalized spacial score (nSPS) is 20.1. The van der Waals surface area contributed by atoms with Crippen LogP contribution in [0.25, 0.3) is 5.65 Å². The fourth-order valence-electron chi connectivity index (χ4n) is 2.56. The molecule has 2 unspecified atom stereocenters. The number of anilines is 1. The molecule has 1 aliphatic rings. The van der Waals surface area contributed by atoms with Gasteiger partial charge in [0.15, 0.2) is 0 Å². The molecule has 1 N–H and O–H groups in total. The Morgan fingerprint density at radius 1 is 1.60 bits per heavy atom. The van der Waals surface area contributed by atoms with Crippen molar-refractivity contribution in [2.24, 2.45) is 0 Å². The number of aromatic nitrogens is 2. The monoisotopic (exact) mass is 276 g/mol. The lowest BCUT2D eigenvalue weighted by molar-refractivity contribution is -0.389. The molecule has 2 atom stereocenters. The van der Waals surface area contributed by atoms with Gasteiger partial charge >= 0.3 is 5.82 Å². The number of nitrogens with zero attached hydrogens (tertiary/aromatic N) is 3. The zero-order chi connectivity index (χ0) is 14.1. The minimum atomic E-state index is -0.412. The smallest absolute Gasteiger partial charge is 0.372 e. The van der Waals surface area contributed by atoms with Crippen LogP contribution in [-0.2, 0) is 4.74 Å².